The van der Waals surface area contributed by atoms with Gasteiger partial charge in [-0.25, -0.2) is 13.4 Å². The van der Waals surface area contributed by atoms with Crippen molar-refractivity contribution in [2.24, 2.45) is 5.92 Å². The van der Waals surface area contributed by atoms with E-state index in [1.165, 1.54) is 12.1 Å². The number of ether oxygens (including phenoxy) is 1. The summed E-state index contributed by atoms with van der Waals surface area (Å²) in [6, 6.07) is 2.55. The highest BCUT2D eigenvalue weighted by Crippen LogP contribution is 2.34. The number of aromatic hydroxyl groups is 1. The molecule has 8 nitrogen and oxygen atoms in total. The Morgan fingerprint density at radius 1 is 1.42 bits per heavy atom. The molecule has 10 heteroatoms. The van der Waals surface area contributed by atoms with Gasteiger partial charge in [0.15, 0.2) is 5.82 Å². The maximum Gasteiger partial charge on any atom is 0.326 e. The van der Waals surface area contributed by atoms with E-state index >= 15 is 0 Å². The minimum atomic E-state index is -4.17. The van der Waals surface area contributed by atoms with E-state index < -0.39 is 39.9 Å². The van der Waals surface area contributed by atoms with Gasteiger partial charge in [-0.15, -0.1) is 0 Å². The van der Waals surface area contributed by atoms with E-state index in [2.05, 4.69) is 4.90 Å². The quantitative estimate of drug-likeness (QED) is 0.725. The molecule has 0 unspecified atom stereocenters. The summed E-state index contributed by atoms with van der Waals surface area (Å²) in [5.41, 5.74) is 0.0586. The zero-order valence-electron chi connectivity index (χ0n) is 14.4. The Balaban J connectivity index is 1.69. The van der Waals surface area contributed by atoms with E-state index in [1.807, 2.05) is 0 Å². The Morgan fingerprint density at radius 3 is 2.81 bits per heavy atom. The van der Waals surface area contributed by atoms with Gasteiger partial charge in [0.25, 0.3) is 5.91 Å². The highest BCUT2D eigenvalue weighted by Gasteiger charge is 2.37. The Labute approximate surface area is 151 Å². The predicted molar refractivity (Wildman–Crippen MR) is 92.6 cm³/mol. The van der Waals surface area contributed by atoms with Crippen molar-refractivity contribution in [1.82, 2.24) is 9.62 Å². The van der Waals surface area contributed by atoms with Crippen molar-refractivity contribution in [3.63, 3.8) is 0 Å². The molecule has 2 aliphatic heterocycles. The lowest BCUT2D eigenvalue weighted by Gasteiger charge is -2.19. The van der Waals surface area contributed by atoms with Crippen LogP contribution in [0.5, 0.6) is 5.75 Å². The summed E-state index contributed by atoms with van der Waals surface area (Å²) in [5, 5.41) is 10.1. The number of methoxy groups -OCH3 is 1. The largest absolute Gasteiger partial charge is 0.506 e. The summed E-state index contributed by atoms with van der Waals surface area (Å²) in [5.74, 6) is -1.65. The lowest BCUT2D eigenvalue weighted by molar-refractivity contribution is -0.117. The molecular formula is C16H22FN3O5S. The molecule has 3 rings (SSSR count). The van der Waals surface area contributed by atoms with Crippen molar-refractivity contribution < 1.29 is 27.4 Å². The average molecular weight is 387 g/mol. The topological polar surface area (TPSA) is 99.2 Å². The number of phenols is 1. The number of likely N-dealkylation sites (tertiary alicyclic amines) is 1. The Morgan fingerprint density at radius 2 is 2.19 bits per heavy atom. The molecule has 2 heterocycles. The average Bonchev–Trinajstić information content (AvgIpc) is 3.09. The molecule has 1 atom stereocenters. The molecule has 1 amide bonds. The van der Waals surface area contributed by atoms with Gasteiger partial charge in [-0.1, -0.05) is 0 Å². The predicted octanol–water partition coefficient (Wildman–Crippen LogP) is 0.223. The fourth-order valence-electron chi connectivity index (χ4n) is 3.45. The SMILES string of the molecule is COC[C@@H]1CCN(CCc2cc(O)c(N3CC(=O)NS3(=O)=O)c(F)c2)C1. The fourth-order valence-corrected chi connectivity index (χ4v) is 4.62. The van der Waals surface area contributed by atoms with Crippen LogP contribution in [0, 0.1) is 11.7 Å². The molecule has 2 saturated heterocycles. The number of nitrogens with one attached hydrogen (secondary N) is 1. The smallest absolute Gasteiger partial charge is 0.326 e. The van der Waals surface area contributed by atoms with Crippen LogP contribution in [0.4, 0.5) is 10.1 Å². The molecule has 2 aliphatic rings. The van der Waals surface area contributed by atoms with E-state index in [0.717, 1.165) is 26.1 Å². The zero-order chi connectivity index (χ0) is 18.9. The number of nitrogens with zero attached hydrogens (tertiary/aromatic N) is 2. The van der Waals surface area contributed by atoms with Gasteiger partial charge in [0.1, 0.15) is 18.0 Å². The van der Waals surface area contributed by atoms with Crippen molar-refractivity contribution in [1.29, 1.82) is 0 Å². The summed E-state index contributed by atoms with van der Waals surface area (Å²) < 4.78 is 45.6. The van der Waals surface area contributed by atoms with Crippen LogP contribution < -0.4 is 9.03 Å². The molecule has 2 N–H and O–H groups in total. The van der Waals surface area contributed by atoms with Gasteiger partial charge in [0.2, 0.25) is 0 Å². The third-order valence-electron chi connectivity index (χ3n) is 4.66. The third kappa shape index (κ3) is 3.92. The maximum absolute atomic E-state index is 14.5. The number of hydrogen-bond acceptors (Lipinski definition) is 6. The van der Waals surface area contributed by atoms with Crippen molar-refractivity contribution in [2.75, 3.05) is 44.2 Å². The summed E-state index contributed by atoms with van der Waals surface area (Å²) >= 11 is 0. The van der Waals surface area contributed by atoms with Crippen LogP contribution in [0.2, 0.25) is 0 Å². The minimum Gasteiger partial charge on any atom is -0.506 e. The first kappa shape index (κ1) is 18.9. The van der Waals surface area contributed by atoms with Crippen molar-refractivity contribution in [2.45, 2.75) is 12.8 Å². The molecule has 0 bridgehead atoms. The number of amides is 1. The van der Waals surface area contributed by atoms with Gasteiger partial charge in [-0.2, -0.15) is 8.42 Å². The van der Waals surface area contributed by atoms with Crippen LogP contribution in [0.15, 0.2) is 12.1 Å². The van der Waals surface area contributed by atoms with Gasteiger partial charge in [-0.3, -0.25) is 4.79 Å². The molecule has 1 aromatic carbocycles. The van der Waals surface area contributed by atoms with Crippen LogP contribution >= 0.6 is 0 Å². The molecule has 0 saturated carbocycles. The number of anilines is 1. The Hall–Kier alpha value is -1.91. The Kier molecular flexibility index (Phi) is 5.35. The molecule has 1 aromatic rings. The summed E-state index contributed by atoms with van der Waals surface area (Å²) in [7, 11) is -2.49. The van der Waals surface area contributed by atoms with E-state index in [1.54, 1.807) is 11.8 Å². The number of benzene rings is 1. The second-order valence-corrected chi connectivity index (χ2v) is 8.24. The van der Waals surface area contributed by atoms with Crippen LogP contribution in [0.25, 0.3) is 0 Å². The van der Waals surface area contributed by atoms with Crippen molar-refractivity contribution >= 4 is 21.8 Å². The molecule has 2 fully saturated rings. The number of halogens is 1. The standard InChI is InChI=1S/C16H22FN3O5S/c1-25-10-12-3-5-19(8-12)4-2-11-6-13(17)16(14(21)7-11)20-9-15(22)18-26(20,23)24/h6-7,12,21H,2-5,8-10H2,1H3,(H,18,22)/t12-/m1/s1. The van der Waals surface area contributed by atoms with Crippen LogP contribution in [0.3, 0.4) is 0 Å². The minimum absolute atomic E-state index is 0.498. The van der Waals surface area contributed by atoms with E-state index in [0.29, 0.717) is 28.8 Å². The number of carbonyl (C=O) groups excluding carboxylic acids is 1. The molecule has 0 spiro atoms. The van der Waals surface area contributed by atoms with Gasteiger partial charge in [-0.05, 0) is 43.0 Å². The number of hydrogen-bond donors (Lipinski definition) is 2. The van der Waals surface area contributed by atoms with Gasteiger partial charge >= 0.3 is 10.2 Å². The molecule has 0 aromatic heterocycles. The monoisotopic (exact) mass is 387 g/mol. The van der Waals surface area contributed by atoms with Gasteiger partial charge in [0.05, 0.1) is 6.61 Å². The first-order valence-corrected chi connectivity index (χ1v) is 9.80. The lowest BCUT2D eigenvalue weighted by atomic mass is 10.1. The first-order chi connectivity index (χ1) is 12.3. The highest BCUT2D eigenvalue weighted by molar-refractivity contribution is 7.92. The molecule has 26 heavy (non-hydrogen) atoms. The number of carbonyl (C=O) groups is 1. The molecule has 0 radical (unpaired) electrons. The van der Waals surface area contributed by atoms with E-state index in [4.69, 9.17) is 4.74 Å². The molecule has 0 aliphatic carbocycles. The van der Waals surface area contributed by atoms with E-state index in [9.17, 15) is 22.7 Å². The fraction of sp³-hybridized carbons (Fsp3) is 0.562. The zero-order valence-corrected chi connectivity index (χ0v) is 15.3. The lowest BCUT2D eigenvalue weighted by Crippen LogP contribution is -2.30. The number of phenolic OH excluding ortho intramolecular Hbond substituents is 1. The van der Waals surface area contributed by atoms with E-state index in [-0.39, 0.29) is 0 Å². The van der Waals surface area contributed by atoms with Crippen LogP contribution in [-0.2, 0) is 26.2 Å². The highest BCUT2D eigenvalue weighted by atomic mass is 32.2. The summed E-state index contributed by atoms with van der Waals surface area (Å²) in [4.78, 5) is 13.6. The first-order valence-electron chi connectivity index (χ1n) is 8.36. The summed E-state index contributed by atoms with van der Waals surface area (Å²) in [6.45, 7) is 2.74. The summed E-state index contributed by atoms with van der Waals surface area (Å²) in [6.07, 6.45) is 1.58. The Bertz CT molecular complexity index is 778. The maximum atomic E-state index is 14.5. The molecule has 144 valence electrons. The van der Waals surface area contributed by atoms with Crippen molar-refractivity contribution in [3.05, 3.63) is 23.5 Å². The molecular weight excluding hydrogens is 365 g/mol. The van der Waals surface area contributed by atoms with Crippen molar-refractivity contribution in [3.8, 4) is 5.75 Å². The third-order valence-corrected chi connectivity index (χ3v) is 6.04. The van der Waals surface area contributed by atoms with Gasteiger partial charge in [0, 0.05) is 20.2 Å². The second kappa shape index (κ2) is 7.37. The van der Waals surface area contributed by atoms with Crippen LogP contribution in [-0.4, -0.2) is 64.2 Å². The normalized spacial score (nSPS) is 22.8. The second-order valence-electron chi connectivity index (χ2n) is 6.64. The van der Waals surface area contributed by atoms with Crippen LogP contribution in [0.1, 0.15) is 12.0 Å². The number of rotatable bonds is 6. The van der Waals surface area contributed by atoms with Gasteiger partial charge < -0.3 is 14.7 Å².